The first-order chi connectivity index (χ1) is 9.77. The normalized spacial score (nSPS) is 20.4. The second-order valence-corrected chi connectivity index (χ2v) is 8.24. The lowest BCUT2D eigenvalue weighted by atomic mass is 10.3. The van der Waals surface area contributed by atoms with Crippen LogP contribution in [0.5, 0.6) is 0 Å². The van der Waals surface area contributed by atoms with E-state index in [4.69, 9.17) is 4.74 Å². The number of sulfone groups is 1. The Hall–Kier alpha value is -1.23. The van der Waals surface area contributed by atoms with Crippen LogP contribution in [-0.2, 0) is 14.6 Å². The largest absolute Gasteiger partial charge is 0.374 e. The fraction of sp³-hybridized carbons (Fsp3) is 0.636. The summed E-state index contributed by atoms with van der Waals surface area (Å²) in [6.45, 7) is 2.60. The first-order valence-corrected chi connectivity index (χ1v) is 9.00. The van der Waals surface area contributed by atoms with Gasteiger partial charge in [0.2, 0.25) is 0 Å². The molecule has 0 bridgehead atoms. The van der Waals surface area contributed by atoms with Gasteiger partial charge in [-0.2, -0.15) is 0 Å². The van der Waals surface area contributed by atoms with Crippen molar-refractivity contribution in [2.24, 2.45) is 0 Å². The number of thiophene rings is 1. The summed E-state index contributed by atoms with van der Waals surface area (Å²) in [7, 11) is -1.48. The molecule has 0 amide bonds. The van der Waals surface area contributed by atoms with Crippen LogP contribution in [0.3, 0.4) is 0 Å². The van der Waals surface area contributed by atoms with Gasteiger partial charge in [-0.1, -0.05) is 11.3 Å². The second-order valence-electron chi connectivity index (χ2n) is 4.95. The number of morpholine rings is 1. The van der Waals surface area contributed by atoms with Crippen molar-refractivity contribution in [3.63, 3.8) is 0 Å². The van der Waals surface area contributed by atoms with Crippen molar-refractivity contribution in [2.75, 3.05) is 44.9 Å². The Kier molecular flexibility index (Phi) is 4.81. The lowest BCUT2D eigenvalue weighted by Crippen LogP contribution is -2.43. The van der Waals surface area contributed by atoms with E-state index in [9.17, 15) is 18.5 Å². The molecule has 1 atom stereocenters. The molecule has 1 fully saturated rings. The quantitative estimate of drug-likeness (QED) is 0.627. The van der Waals surface area contributed by atoms with Gasteiger partial charge in [0.05, 0.1) is 17.6 Å². The summed E-state index contributed by atoms with van der Waals surface area (Å²) in [6.07, 6.45) is 0.957. The van der Waals surface area contributed by atoms with Crippen LogP contribution in [0.2, 0.25) is 0 Å². The lowest BCUT2D eigenvalue weighted by Gasteiger charge is -2.30. The van der Waals surface area contributed by atoms with E-state index in [0.717, 1.165) is 36.7 Å². The Morgan fingerprint density at radius 2 is 2.33 bits per heavy atom. The third kappa shape index (κ3) is 4.13. The maximum absolute atomic E-state index is 11.5. The smallest absolute Gasteiger partial charge is 0.304 e. The van der Waals surface area contributed by atoms with E-state index in [1.54, 1.807) is 0 Å². The van der Waals surface area contributed by atoms with Gasteiger partial charge in [0, 0.05) is 32.0 Å². The molecule has 0 aromatic carbocycles. The molecule has 10 heteroatoms. The van der Waals surface area contributed by atoms with Gasteiger partial charge < -0.3 is 15.0 Å². The first-order valence-electron chi connectivity index (χ1n) is 6.29. The molecule has 8 nitrogen and oxygen atoms in total. The highest BCUT2D eigenvalue weighted by atomic mass is 32.2. The van der Waals surface area contributed by atoms with Gasteiger partial charge in [-0.05, 0) is 7.05 Å². The van der Waals surface area contributed by atoms with Gasteiger partial charge in [0.25, 0.3) is 0 Å². The summed E-state index contributed by atoms with van der Waals surface area (Å²) < 4.78 is 28.5. The minimum atomic E-state index is -3.46. The second kappa shape index (κ2) is 6.26. The Morgan fingerprint density at radius 3 is 2.90 bits per heavy atom. The van der Waals surface area contributed by atoms with Crippen LogP contribution in [0.1, 0.15) is 0 Å². The SMILES string of the molecule is CN1CCOC(CNc2sc(S(C)(=O)=O)cc2[N+](=O)[O-])C1. The zero-order valence-corrected chi connectivity index (χ0v) is 13.4. The standard InChI is InChI=1S/C11H17N3O5S2/c1-13-3-4-19-8(7-13)6-12-11-9(14(15)16)5-10(20-11)21(2,17)18/h5,8,12H,3-4,6-7H2,1-2H3. The number of hydrogen-bond acceptors (Lipinski definition) is 8. The molecule has 1 aromatic rings. The number of hydrogen-bond donors (Lipinski definition) is 1. The first kappa shape index (κ1) is 16.1. The highest BCUT2D eigenvalue weighted by Crippen LogP contribution is 2.36. The lowest BCUT2D eigenvalue weighted by molar-refractivity contribution is -0.383. The van der Waals surface area contributed by atoms with Gasteiger partial charge in [0.15, 0.2) is 14.8 Å². The van der Waals surface area contributed by atoms with Crippen LogP contribution < -0.4 is 5.32 Å². The Bertz CT molecular complexity index is 628. The molecule has 0 saturated carbocycles. The van der Waals surface area contributed by atoms with Gasteiger partial charge in [-0.3, -0.25) is 10.1 Å². The van der Waals surface area contributed by atoms with E-state index in [2.05, 4.69) is 10.2 Å². The highest BCUT2D eigenvalue weighted by Gasteiger charge is 2.25. The van der Waals surface area contributed by atoms with Crippen LogP contribution in [0, 0.1) is 10.1 Å². The topological polar surface area (TPSA) is 102 Å². The molecule has 2 heterocycles. The molecular formula is C11H17N3O5S2. The molecule has 1 aliphatic rings. The Balaban J connectivity index is 2.11. The summed E-state index contributed by atoms with van der Waals surface area (Å²) in [5.74, 6) is 0. The van der Waals surface area contributed by atoms with Crippen LogP contribution >= 0.6 is 11.3 Å². The zero-order valence-electron chi connectivity index (χ0n) is 11.7. The van der Waals surface area contributed by atoms with E-state index >= 15 is 0 Å². The van der Waals surface area contributed by atoms with Crippen molar-refractivity contribution in [1.82, 2.24) is 4.90 Å². The molecule has 0 spiro atoms. The highest BCUT2D eigenvalue weighted by molar-refractivity contribution is 7.92. The molecular weight excluding hydrogens is 318 g/mol. The van der Waals surface area contributed by atoms with Crippen molar-refractivity contribution in [1.29, 1.82) is 0 Å². The number of nitro groups is 1. The predicted molar refractivity (Wildman–Crippen MR) is 79.8 cm³/mol. The van der Waals surface area contributed by atoms with Crippen LogP contribution in [-0.4, -0.2) is 63.9 Å². The summed E-state index contributed by atoms with van der Waals surface area (Å²) >= 11 is 0.874. The number of nitrogens with one attached hydrogen (secondary N) is 1. The van der Waals surface area contributed by atoms with E-state index < -0.39 is 14.8 Å². The van der Waals surface area contributed by atoms with E-state index in [1.165, 1.54) is 0 Å². The number of ether oxygens (including phenoxy) is 1. The van der Waals surface area contributed by atoms with E-state index in [1.807, 2.05) is 7.05 Å². The fourth-order valence-corrected chi connectivity index (χ4v) is 3.95. The maximum atomic E-state index is 11.5. The molecule has 1 aromatic heterocycles. The summed E-state index contributed by atoms with van der Waals surface area (Å²) in [4.78, 5) is 12.5. The van der Waals surface area contributed by atoms with Crippen molar-refractivity contribution >= 4 is 31.9 Å². The average molecular weight is 335 g/mol. The molecule has 21 heavy (non-hydrogen) atoms. The monoisotopic (exact) mass is 335 g/mol. The van der Waals surface area contributed by atoms with Crippen LogP contribution in [0.25, 0.3) is 0 Å². The van der Waals surface area contributed by atoms with E-state index in [0.29, 0.717) is 13.2 Å². The summed E-state index contributed by atoms with van der Waals surface area (Å²) in [5, 5.41) is 14.2. The molecule has 1 saturated heterocycles. The Labute approximate surface area is 126 Å². The van der Waals surface area contributed by atoms with Crippen molar-refractivity contribution in [3.8, 4) is 0 Å². The third-order valence-electron chi connectivity index (χ3n) is 3.08. The molecule has 0 radical (unpaired) electrons. The van der Waals surface area contributed by atoms with Gasteiger partial charge in [-0.15, -0.1) is 0 Å². The molecule has 1 unspecified atom stereocenters. The molecule has 2 rings (SSSR count). The molecule has 0 aliphatic carbocycles. The van der Waals surface area contributed by atoms with Crippen molar-refractivity contribution < 1.29 is 18.1 Å². The Morgan fingerprint density at radius 1 is 1.62 bits per heavy atom. The minimum Gasteiger partial charge on any atom is -0.374 e. The summed E-state index contributed by atoms with van der Waals surface area (Å²) in [5.41, 5.74) is -0.218. The van der Waals surface area contributed by atoms with Crippen molar-refractivity contribution in [2.45, 2.75) is 10.3 Å². The van der Waals surface area contributed by atoms with Gasteiger partial charge in [-0.25, -0.2) is 8.42 Å². The predicted octanol–water partition coefficient (Wildman–Crippen LogP) is 0.802. The summed E-state index contributed by atoms with van der Waals surface area (Å²) in [6, 6.07) is 1.09. The third-order valence-corrected chi connectivity index (χ3v) is 5.97. The number of anilines is 1. The molecule has 1 N–H and O–H groups in total. The van der Waals surface area contributed by atoms with Crippen LogP contribution in [0.4, 0.5) is 10.7 Å². The van der Waals surface area contributed by atoms with Crippen molar-refractivity contribution in [3.05, 3.63) is 16.2 Å². The maximum Gasteiger partial charge on any atom is 0.304 e. The number of nitrogens with zero attached hydrogens (tertiary/aromatic N) is 2. The zero-order chi connectivity index (χ0) is 15.6. The number of rotatable bonds is 5. The number of likely N-dealkylation sites (N-methyl/N-ethyl adjacent to an activating group) is 1. The van der Waals surface area contributed by atoms with Gasteiger partial charge in [0.1, 0.15) is 4.21 Å². The average Bonchev–Trinajstić information content (AvgIpc) is 2.80. The van der Waals surface area contributed by atoms with E-state index in [-0.39, 0.29) is 21.0 Å². The fourth-order valence-electron chi connectivity index (χ4n) is 2.00. The minimum absolute atomic E-state index is 0.0154. The van der Waals surface area contributed by atoms with Gasteiger partial charge >= 0.3 is 5.69 Å². The van der Waals surface area contributed by atoms with Crippen LogP contribution in [0.15, 0.2) is 10.3 Å². The molecule has 118 valence electrons. The molecule has 1 aliphatic heterocycles.